The molecule has 4 rings (SSSR count). The molecule has 2 aromatic rings. The molecule has 0 bridgehead atoms. The van der Waals surface area contributed by atoms with E-state index in [-0.39, 0.29) is 18.1 Å². The largest absolute Gasteiger partial charge is 0.493 e. The van der Waals surface area contributed by atoms with Gasteiger partial charge in [-0.15, -0.1) is 0 Å². The minimum absolute atomic E-state index is 0.0609. The van der Waals surface area contributed by atoms with E-state index in [4.69, 9.17) is 14.5 Å². The molecular formula is C25H34N4O3. The van der Waals surface area contributed by atoms with Gasteiger partial charge in [0, 0.05) is 25.8 Å². The fourth-order valence-electron chi connectivity index (χ4n) is 4.65. The average molecular weight is 439 g/mol. The van der Waals surface area contributed by atoms with E-state index < -0.39 is 0 Å². The zero-order chi connectivity index (χ0) is 22.7. The number of carbonyl (C=O) groups is 1. The van der Waals surface area contributed by atoms with Crippen molar-refractivity contribution in [3.8, 4) is 11.5 Å². The number of amides is 1. The van der Waals surface area contributed by atoms with Crippen molar-refractivity contribution in [3.63, 3.8) is 0 Å². The van der Waals surface area contributed by atoms with Crippen LogP contribution in [0.25, 0.3) is 0 Å². The molecule has 2 aliphatic rings. The van der Waals surface area contributed by atoms with Crippen molar-refractivity contribution in [2.75, 3.05) is 26.7 Å². The molecule has 0 aliphatic carbocycles. The number of nitrogens with zero attached hydrogens (tertiary/aromatic N) is 4. The van der Waals surface area contributed by atoms with Crippen molar-refractivity contribution in [2.24, 2.45) is 0 Å². The second-order valence-electron chi connectivity index (χ2n) is 9.01. The van der Waals surface area contributed by atoms with Crippen molar-refractivity contribution >= 4 is 5.91 Å². The van der Waals surface area contributed by atoms with Crippen LogP contribution in [0.15, 0.2) is 24.4 Å². The Morgan fingerprint density at radius 2 is 1.94 bits per heavy atom. The van der Waals surface area contributed by atoms with Crippen LogP contribution in [0.2, 0.25) is 0 Å². The van der Waals surface area contributed by atoms with E-state index in [0.717, 1.165) is 74.9 Å². The maximum absolute atomic E-state index is 12.8. The van der Waals surface area contributed by atoms with Gasteiger partial charge < -0.3 is 14.4 Å². The van der Waals surface area contributed by atoms with E-state index in [0.29, 0.717) is 5.56 Å². The fourth-order valence-corrected chi connectivity index (χ4v) is 4.65. The topological polar surface area (TPSA) is 67.8 Å². The van der Waals surface area contributed by atoms with E-state index in [1.54, 1.807) is 13.3 Å². The monoisotopic (exact) mass is 438 g/mol. The zero-order valence-corrected chi connectivity index (χ0v) is 19.6. The Morgan fingerprint density at radius 1 is 1.16 bits per heavy atom. The van der Waals surface area contributed by atoms with Crippen LogP contribution in [0, 0.1) is 6.92 Å². The summed E-state index contributed by atoms with van der Waals surface area (Å²) in [6.07, 6.45) is 6.09. The van der Waals surface area contributed by atoms with Gasteiger partial charge in [0.2, 0.25) is 0 Å². The first-order valence-electron chi connectivity index (χ1n) is 11.7. The van der Waals surface area contributed by atoms with E-state index in [1.807, 2.05) is 31.7 Å². The summed E-state index contributed by atoms with van der Waals surface area (Å²) in [5.41, 5.74) is 2.58. The molecule has 1 aromatic carbocycles. The van der Waals surface area contributed by atoms with Gasteiger partial charge in [0.1, 0.15) is 5.82 Å². The van der Waals surface area contributed by atoms with Gasteiger partial charge in [-0.2, -0.15) is 0 Å². The Morgan fingerprint density at radius 3 is 2.62 bits per heavy atom. The maximum atomic E-state index is 12.8. The number of hydrogen-bond donors (Lipinski definition) is 0. The lowest BCUT2D eigenvalue weighted by Gasteiger charge is -2.25. The summed E-state index contributed by atoms with van der Waals surface area (Å²) in [7, 11) is 1.66. The normalized spacial score (nSPS) is 19.0. The minimum atomic E-state index is 0.0609. The Labute approximate surface area is 190 Å². The number of carbonyl (C=O) groups excluding carboxylic acids is 1. The lowest BCUT2D eigenvalue weighted by Crippen LogP contribution is -2.29. The standard InChI is InChI=1S/C25H34N4O3/c1-17(2)32-23-14-19(9-10-22(23)31-4)16-29-13-7-8-21(29)24-26-15-20(18(3)27-24)25(30)28-11-5-6-12-28/h9-10,14-15,17,21H,5-8,11-13,16H2,1-4H3/t21-/m1/s1. The minimum Gasteiger partial charge on any atom is -0.493 e. The number of aryl methyl sites for hydroxylation is 1. The summed E-state index contributed by atoms with van der Waals surface area (Å²) >= 11 is 0. The van der Waals surface area contributed by atoms with Gasteiger partial charge in [-0.3, -0.25) is 9.69 Å². The second kappa shape index (κ2) is 9.86. The summed E-state index contributed by atoms with van der Waals surface area (Å²) in [6.45, 7) is 9.41. The maximum Gasteiger partial charge on any atom is 0.257 e. The molecule has 2 fully saturated rings. The first-order valence-corrected chi connectivity index (χ1v) is 11.7. The second-order valence-corrected chi connectivity index (χ2v) is 9.01. The molecule has 0 unspecified atom stereocenters. The summed E-state index contributed by atoms with van der Waals surface area (Å²) in [5.74, 6) is 2.39. The summed E-state index contributed by atoms with van der Waals surface area (Å²) in [6, 6.07) is 6.28. The summed E-state index contributed by atoms with van der Waals surface area (Å²) < 4.78 is 11.4. The van der Waals surface area contributed by atoms with Crippen molar-refractivity contribution < 1.29 is 14.3 Å². The van der Waals surface area contributed by atoms with Gasteiger partial charge in [0.15, 0.2) is 11.5 Å². The van der Waals surface area contributed by atoms with E-state index in [9.17, 15) is 4.79 Å². The Hall–Kier alpha value is -2.67. The zero-order valence-electron chi connectivity index (χ0n) is 19.6. The van der Waals surface area contributed by atoms with Crippen LogP contribution >= 0.6 is 0 Å². The molecule has 0 saturated carbocycles. The number of aromatic nitrogens is 2. The molecule has 0 spiro atoms. The van der Waals surface area contributed by atoms with Crippen molar-refractivity contribution in [2.45, 2.75) is 65.1 Å². The van der Waals surface area contributed by atoms with Gasteiger partial charge >= 0.3 is 0 Å². The molecule has 1 aromatic heterocycles. The molecular weight excluding hydrogens is 404 g/mol. The molecule has 7 nitrogen and oxygen atoms in total. The summed E-state index contributed by atoms with van der Waals surface area (Å²) in [5, 5.41) is 0. The molecule has 2 aliphatic heterocycles. The van der Waals surface area contributed by atoms with Gasteiger partial charge in [0.25, 0.3) is 5.91 Å². The number of methoxy groups -OCH3 is 1. The first kappa shape index (κ1) is 22.5. The molecule has 172 valence electrons. The highest BCUT2D eigenvalue weighted by molar-refractivity contribution is 5.95. The van der Waals surface area contributed by atoms with Crippen LogP contribution in [0.5, 0.6) is 11.5 Å². The van der Waals surface area contributed by atoms with Gasteiger partial charge in [-0.25, -0.2) is 9.97 Å². The SMILES string of the molecule is COc1ccc(CN2CCC[C@@H]2c2ncc(C(=O)N3CCCC3)c(C)n2)cc1OC(C)C. The third-order valence-electron chi connectivity index (χ3n) is 6.26. The molecule has 32 heavy (non-hydrogen) atoms. The number of ether oxygens (including phenoxy) is 2. The van der Waals surface area contributed by atoms with Crippen molar-refractivity contribution in [1.82, 2.24) is 19.8 Å². The molecule has 1 atom stereocenters. The van der Waals surface area contributed by atoms with Crippen LogP contribution < -0.4 is 9.47 Å². The third kappa shape index (κ3) is 4.88. The number of likely N-dealkylation sites (tertiary alicyclic amines) is 2. The highest BCUT2D eigenvalue weighted by Gasteiger charge is 2.30. The van der Waals surface area contributed by atoms with Crippen molar-refractivity contribution in [1.29, 1.82) is 0 Å². The summed E-state index contributed by atoms with van der Waals surface area (Å²) in [4.78, 5) is 26.5. The quantitative estimate of drug-likeness (QED) is 0.647. The number of hydrogen-bond acceptors (Lipinski definition) is 6. The average Bonchev–Trinajstić information content (AvgIpc) is 3.45. The highest BCUT2D eigenvalue weighted by atomic mass is 16.5. The van der Waals surface area contributed by atoms with Crippen LogP contribution in [0.3, 0.4) is 0 Å². The van der Waals surface area contributed by atoms with E-state index >= 15 is 0 Å². The molecule has 1 amide bonds. The predicted octanol–water partition coefficient (Wildman–Crippen LogP) is 4.15. The fraction of sp³-hybridized carbons (Fsp3) is 0.560. The van der Waals surface area contributed by atoms with Crippen LogP contribution in [-0.2, 0) is 6.54 Å². The molecule has 0 radical (unpaired) electrons. The smallest absolute Gasteiger partial charge is 0.257 e. The number of benzene rings is 1. The Bertz CT molecular complexity index is 956. The molecule has 2 saturated heterocycles. The van der Waals surface area contributed by atoms with Crippen molar-refractivity contribution in [3.05, 3.63) is 47.0 Å². The number of rotatable bonds is 7. The Kier molecular flexibility index (Phi) is 6.94. The molecule has 7 heteroatoms. The van der Waals surface area contributed by atoms with Gasteiger partial charge in [0.05, 0.1) is 30.5 Å². The van der Waals surface area contributed by atoms with Crippen LogP contribution in [0.4, 0.5) is 0 Å². The van der Waals surface area contributed by atoms with Gasteiger partial charge in [-0.05, 0) is 70.7 Å². The van der Waals surface area contributed by atoms with E-state index in [2.05, 4.69) is 22.0 Å². The lowest BCUT2D eigenvalue weighted by molar-refractivity contribution is 0.0791. The van der Waals surface area contributed by atoms with Gasteiger partial charge in [-0.1, -0.05) is 6.07 Å². The molecule has 3 heterocycles. The first-order chi connectivity index (χ1) is 15.5. The van der Waals surface area contributed by atoms with Crippen LogP contribution in [0.1, 0.15) is 73.0 Å². The molecule has 0 N–H and O–H groups in total. The predicted molar refractivity (Wildman–Crippen MR) is 123 cm³/mol. The van der Waals surface area contributed by atoms with Crippen LogP contribution in [-0.4, -0.2) is 58.5 Å². The lowest BCUT2D eigenvalue weighted by atomic mass is 10.1. The highest BCUT2D eigenvalue weighted by Crippen LogP contribution is 2.34. The third-order valence-corrected chi connectivity index (χ3v) is 6.26. The van der Waals surface area contributed by atoms with E-state index in [1.165, 1.54) is 5.56 Å². The Balaban J connectivity index is 1.50.